The highest BCUT2D eigenvalue weighted by molar-refractivity contribution is 7.17. The van der Waals surface area contributed by atoms with Gasteiger partial charge in [0.1, 0.15) is 10.8 Å². The largest absolute Gasteiger partial charge is 0.365 e. The molecule has 1 saturated heterocycles. The Hall–Kier alpha value is -2.45. The Morgan fingerprint density at radius 3 is 2.68 bits per heavy atom. The first-order valence-electron chi connectivity index (χ1n) is 9.70. The number of nitrogens with one attached hydrogen (secondary N) is 1. The van der Waals surface area contributed by atoms with E-state index >= 15 is 0 Å². The summed E-state index contributed by atoms with van der Waals surface area (Å²) in [5.74, 6) is 0.429. The average molecular weight is 400 g/mol. The number of hydrogen-bond acceptors (Lipinski definition) is 6. The van der Waals surface area contributed by atoms with Gasteiger partial charge in [-0.2, -0.15) is 0 Å². The molecule has 1 atom stereocenters. The molecule has 0 saturated carbocycles. The van der Waals surface area contributed by atoms with Gasteiger partial charge in [-0.1, -0.05) is 6.07 Å². The molecular weight excluding hydrogens is 374 g/mol. The van der Waals surface area contributed by atoms with Gasteiger partial charge in [0.25, 0.3) is 5.91 Å². The number of aryl methyl sites for hydroxylation is 1. The van der Waals surface area contributed by atoms with Gasteiger partial charge in [0.15, 0.2) is 0 Å². The molecule has 4 rings (SSSR count). The van der Waals surface area contributed by atoms with E-state index in [2.05, 4.69) is 20.1 Å². The number of aromatic nitrogens is 1. The summed E-state index contributed by atoms with van der Waals surface area (Å²) < 4.78 is 0. The van der Waals surface area contributed by atoms with E-state index in [1.54, 1.807) is 6.20 Å². The third-order valence-corrected chi connectivity index (χ3v) is 6.83. The molecule has 3 heterocycles. The van der Waals surface area contributed by atoms with Gasteiger partial charge in [-0.25, -0.2) is 4.98 Å². The van der Waals surface area contributed by atoms with E-state index in [4.69, 9.17) is 5.73 Å². The molecule has 148 valence electrons. The summed E-state index contributed by atoms with van der Waals surface area (Å²) in [6.07, 6.45) is 4.67. The highest BCUT2D eigenvalue weighted by atomic mass is 32.1. The molecule has 7 nitrogen and oxygen atoms in total. The first-order chi connectivity index (χ1) is 13.5. The lowest BCUT2D eigenvalue weighted by Crippen LogP contribution is -2.53. The van der Waals surface area contributed by atoms with Crippen LogP contribution in [0.3, 0.4) is 0 Å². The number of hydrogen-bond donors (Lipinski definition) is 2. The highest BCUT2D eigenvalue weighted by Crippen LogP contribution is 2.38. The monoisotopic (exact) mass is 399 g/mol. The molecule has 0 spiro atoms. The zero-order valence-electron chi connectivity index (χ0n) is 16.0. The van der Waals surface area contributed by atoms with Gasteiger partial charge < -0.3 is 16.0 Å². The van der Waals surface area contributed by atoms with E-state index in [9.17, 15) is 9.59 Å². The Kier molecular flexibility index (Phi) is 5.32. The van der Waals surface area contributed by atoms with Gasteiger partial charge in [0.05, 0.1) is 11.6 Å². The average Bonchev–Trinajstić information content (AvgIpc) is 3.28. The van der Waals surface area contributed by atoms with Gasteiger partial charge in [-0.3, -0.25) is 14.5 Å². The smallest absolute Gasteiger partial charge is 0.251 e. The quantitative estimate of drug-likeness (QED) is 0.801. The fourth-order valence-electron chi connectivity index (χ4n) is 4.01. The standard InChI is InChI=1S/C20H25N5O2S/c1-13(24-9-11-25(12-10-24)16-7-2-3-8-22-16)19(27)23-20-17(18(21)26)14-5-4-6-15(14)28-20/h2-3,7-8,13H,4-6,9-12H2,1H3,(H2,21,26)(H,23,27)/t13-/m0/s1. The maximum atomic E-state index is 12.8. The number of thiophene rings is 1. The topological polar surface area (TPSA) is 91.6 Å². The third kappa shape index (κ3) is 3.62. The molecule has 28 heavy (non-hydrogen) atoms. The van der Waals surface area contributed by atoms with Crippen molar-refractivity contribution in [1.29, 1.82) is 0 Å². The van der Waals surface area contributed by atoms with E-state index in [0.29, 0.717) is 10.6 Å². The minimum Gasteiger partial charge on any atom is -0.365 e. The van der Waals surface area contributed by atoms with Gasteiger partial charge in [-0.05, 0) is 43.9 Å². The van der Waals surface area contributed by atoms with E-state index in [1.807, 2.05) is 25.1 Å². The molecule has 0 radical (unpaired) electrons. The van der Waals surface area contributed by atoms with E-state index in [0.717, 1.165) is 56.8 Å². The number of nitrogens with zero attached hydrogens (tertiary/aromatic N) is 3. The molecule has 2 aliphatic rings. The third-order valence-electron chi connectivity index (χ3n) is 5.62. The van der Waals surface area contributed by atoms with Crippen molar-refractivity contribution in [3.05, 3.63) is 40.4 Å². The summed E-state index contributed by atoms with van der Waals surface area (Å²) in [5.41, 5.74) is 7.14. The molecular formula is C20H25N5O2S. The number of fused-ring (bicyclic) bond motifs is 1. The number of piperazine rings is 1. The van der Waals surface area contributed by atoms with Crippen LogP contribution in [0.25, 0.3) is 0 Å². The predicted molar refractivity (Wildman–Crippen MR) is 111 cm³/mol. The van der Waals surface area contributed by atoms with E-state index in [-0.39, 0.29) is 11.9 Å². The Morgan fingerprint density at radius 1 is 1.21 bits per heavy atom. The van der Waals surface area contributed by atoms with Crippen LogP contribution in [0.4, 0.5) is 10.8 Å². The first-order valence-corrected chi connectivity index (χ1v) is 10.5. The zero-order chi connectivity index (χ0) is 19.7. The SMILES string of the molecule is C[C@@H](C(=O)Nc1sc2c(c1C(N)=O)CCC2)N1CCN(c2ccccn2)CC1. The van der Waals surface area contributed by atoms with Crippen LogP contribution < -0.4 is 16.0 Å². The van der Waals surface area contributed by atoms with Gasteiger partial charge in [0.2, 0.25) is 5.91 Å². The summed E-state index contributed by atoms with van der Waals surface area (Å²) in [4.78, 5) is 34.7. The van der Waals surface area contributed by atoms with Crippen molar-refractivity contribution in [3.63, 3.8) is 0 Å². The van der Waals surface area contributed by atoms with Gasteiger partial charge in [0, 0.05) is 37.3 Å². The molecule has 0 bridgehead atoms. The van der Waals surface area contributed by atoms with Crippen molar-refractivity contribution in [2.24, 2.45) is 5.73 Å². The van der Waals surface area contributed by atoms with E-state index in [1.165, 1.54) is 16.2 Å². The van der Waals surface area contributed by atoms with Crippen LogP contribution in [0.2, 0.25) is 0 Å². The summed E-state index contributed by atoms with van der Waals surface area (Å²) in [6, 6.07) is 5.63. The second kappa shape index (κ2) is 7.89. The maximum Gasteiger partial charge on any atom is 0.251 e. The number of anilines is 2. The molecule has 2 aromatic heterocycles. The van der Waals surface area contributed by atoms with Crippen LogP contribution >= 0.6 is 11.3 Å². The van der Waals surface area contributed by atoms with Crippen molar-refractivity contribution in [1.82, 2.24) is 9.88 Å². The lowest BCUT2D eigenvalue weighted by Gasteiger charge is -2.37. The van der Waals surface area contributed by atoms with Gasteiger partial charge in [-0.15, -0.1) is 11.3 Å². The van der Waals surface area contributed by atoms with Crippen molar-refractivity contribution < 1.29 is 9.59 Å². The fraction of sp³-hybridized carbons (Fsp3) is 0.450. The molecule has 2 aromatic rings. The van der Waals surface area contributed by atoms with Crippen LogP contribution in [0.5, 0.6) is 0 Å². The second-order valence-electron chi connectivity index (χ2n) is 7.30. The van der Waals surface area contributed by atoms with Gasteiger partial charge >= 0.3 is 0 Å². The summed E-state index contributed by atoms with van der Waals surface area (Å²) in [7, 11) is 0. The lowest BCUT2D eigenvalue weighted by molar-refractivity contribution is -0.120. The summed E-state index contributed by atoms with van der Waals surface area (Å²) in [6.45, 7) is 5.14. The number of carbonyl (C=O) groups excluding carboxylic acids is 2. The van der Waals surface area contributed by atoms with Crippen LogP contribution in [-0.2, 0) is 17.6 Å². The Labute approximate surface area is 168 Å². The number of amides is 2. The molecule has 1 aliphatic carbocycles. The fourth-order valence-corrected chi connectivity index (χ4v) is 5.31. The summed E-state index contributed by atoms with van der Waals surface area (Å²) in [5, 5.41) is 3.58. The van der Waals surface area contributed by atoms with Crippen molar-refractivity contribution in [2.75, 3.05) is 36.4 Å². The van der Waals surface area contributed by atoms with Crippen molar-refractivity contribution >= 4 is 34.0 Å². The Balaban J connectivity index is 1.39. The second-order valence-corrected chi connectivity index (χ2v) is 8.41. The molecule has 8 heteroatoms. The summed E-state index contributed by atoms with van der Waals surface area (Å²) >= 11 is 1.50. The molecule has 1 aliphatic heterocycles. The molecule has 0 unspecified atom stereocenters. The predicted octanol–water partition coefficient (Wildman–Crippen LogP) is 1.88. The maximum absolute atomic E-state index is 12.8. The number of pyridine rings is 1. The minimum absolute atomic E-state index is 0.0892. The Morgan fingerprint density at radius 2 is 2.00 bits per heavy atom. The lowest BCUT2D eigenvalue weighted by atomic mass is 10.1. The van der Waals surface area contributed by atoms with E-state index < -0.39 is 5.91 Å². The minimum atomic E-state index is -0.452. The molecule has 1 fully saturated rings. The first kappa shape index (κ1) is 18.9. The number of carbonyl (C=O) groups is 2. The number of rotatable bonds is 5. The van der Waals surface area contributed by atoms with Crippen LogP contribution in [0.1, 0.15) is 34.1 Å². The number of nitrogens with two attached hydrogens (primary N) is 1. The van der Waals surface area contributed by atoms with Crippen molar-refractivity contribution in [3.8, 4) is 0 Å². The normalized spacial score (nSPS) is 18.0. The molecule has 3 N–H and O–H groups in total. The molecule has 2 amide bonds. The molecule has 0 aromatic carbocycles. The Bertz CT molecular complexity index is 874. The zero-order valence-corrected chi connectivity index (χ0v) is 16.8. The number of primary amides is 1. The van der Waals surface area contributed by atoms with Crippen LogP contribution in [-0.4, -0.2) is 53.9 Å². The van der Waals surface area contributed by atoms with Crippen molar-refractivity contribution in [2.45, 2.75) is 32.2 Å². The highest BCUT2D eigenvalue weighted by Gasteiger charge is 2.30. The van der Waals surface area contributed by atoms with Crippen LogP contribution in [0, 0.1) is 0 Å². The van der Waals surface area contributed by atoms with Crippen LogP contribution in [0.15, 0.2) is 24.4 Å².